The number of aryl methyl sites for hydroxylation is 1. The molecule has 0 unspecified atom stereocenters. The van der Waals surface area contributed by atoms with Gasteiger partial charge in [0.25, 0.3) is 0 Å². The lowest BCUT2D eigenvalue weighted by Crippen LogP contribution is -2.12. The van der Waals surface area contributed by atoms with Gasteiger partial charge in [0, 0.05) is 10.9 Å². The Bertz CT molecular complexity index is 566. The van der Waals surface area contributed by atoms with Crippen molar-refractivity contribution in [1.82, 2.24) is 4.98 Å². The SMILES string of the molecule is Cc1csc(Nc2ccc(F)cc2C(N)=S)n1. The fraction of sp³-hybridized carbons (Fsp3) is 0.0909. The number of nitrogens with two attached hydrogens (primary N) is 1. The third kappa shape index (κ3) is 2.78. The highest BCUT2D eigenvalue weighted by atomic mass is 32.1. The van der Waals surface area contributed by atoms with Crippen molar-refractivity contribution in [2.45, 2.75) is 6.92 Å². The van der Waals surface area contributed by atoms with Crippen LogP contribution in [0, 0.1) is 12.7 Å². The molecule has 0 spiro atoms. The number of nitrogens with one attached hydrogen (secondary N) is 1. The molecule has 3 N–H and O–H groups in total. The molecule has 0 saturated carbocycles. The second-order valence-electron chi connectivity index (χ2n) is 3.47. The van der Waals surface area contributed by atoms with E-state index in [0.29, 0.717) is 11.3 Å². The highest BCUT2D eigenvalue weighted by Crippen LogP contribution is 2.24. The van der Waals surface area contributed by atoms with Gasteiger partial charge in [0.2, 0.25) is 0 Å². The monoisotopic (exact) mass is 267 g/mol. The molecular weight excluding hydrogens is 257 g/mol. The van der Waals surface area contributed by atoms with E-state index in [-0.39, 0.29) is 10.8 Å². The van der Waals surface area contributed by atoms with Crippen LogP contribution in [0.25, 0.3) is 0 Å². The first-order valence-electron chi connectivity index (χ1n) is 4.85. The van der Waals surface area contributed by atoms with Crippen LogP contribution in [0.4, 0.5) is 15.2 Å². The van der Waals surface area contributed by atoms with Crippen molar-refractivity contribution in [2.24, 2.45) is 5.73 Å². The van der Waals surface area contributed by atoms with Gasteiger partial charge in [-0.05, 0) is 25.1 Å². The van der Waals surface area contributed by atoms with Crippen molar-refractivity contribution in [2.75, 3.05) is 5.32 Å². The Morgan fingerprint density at radius 2 is 2.29 bits per heavy atom. The molecule has 0 radical (unpaired) electrons. The molecule has 0 bridgehead atoms. The number of hydrogen-bond donors (Lipinski definition) is 2. The van der Waals surface area contributed by atoms with E-state index in [9.17, 15) is 4.39 Å². The predicted octanol–water partition coefficient (Wildman–Crippen LogP) is 2.97. The zero-order valence-corrected chi connectivity index (χ0v) is 10.7. The van der Waals surface area contributed by atoms with Gasteiger partial charge in [-0.25, -0.2) is 9.37 Å². The van der Waals surface area contributed by atoms with Crippen molar-refractivity contribution in [3.05, 3.63) is 40.7 Å². The summed E-state index contributed by atoms with van der Waals surface area (Å²) in [5.74, 6) is -0.367. The summed E-state index contributed by atoms with van der Waals surface area (Å²) in [4.78, 5) is 4.41. The summed E-state index contributed by atoms with van der Waals surface area (Å²) < 4.78 is 13.1. The average Bonchev–Trinajstić information content (AvgIpc) is 2.66. The minimum absolute atomic E-state index is 0.153. The van der Waals surface area contributed by atoms with E-state index >= 15 is 0 Å². The van der Waals surface area contributed by atoms with Crippen molar-refractivity contribution >= 4 is 39.4 Å². The van der Waals surface area contributed by atoms with Crippen LogP contribution in [0.15, 0.2) is 23.6 Å². The second-order valence-corrected chi connectivity index (χ2v) is 4.77. The van der Waals surface area contributed by atoms with Crippen molar-refractivity contribution in [3.63, 3.8) is 0 Å². The van der Waals surface area contributed by atoms with Gasteiger partial charge in [0.05, 0.1) is 11.4 Å². The summed E-state index contributed by atoms with van der Waals surface area (Å²) in [5.41, 5.74) is 7.62. The van der Waals surface area contributed by atoms with E-state index in [1.807, 2.05) is 12.3 Å². The molecule has 0 amide bonds. The largest absolute Gasteiger partial charge is 0.389 e. The summed E-state index contributed by atoms with van der Waals surface area (Å²) in [6.45, 7) is 1.90. The summed E-state index contributed by atoms with van der Waals surface area (Å²) in [7, 11) is 0. The first-order valence-corrected chi connectivity index (χ1v) is 6.13. The normalized spacial score (nSPS) is 10.2. The van der Waals surface area contributed by atoms with E-state index in [2.05, 4.69) is 10.3 Å². The zero-order valence-electron chi connectivity index (χ0n) is 9.03. The molecule has 88 valence electrons. The van der Waals surface area contributed by atoms with Crippen molar-refractivity contribution < 1.29 is 4.39 Å². The number of anilines is 2. The molecule has 3 nitrogen and oxygen atoms in total. The van der Waals surface area contributed by atoms with Crippen LogP contribution in [-0.2, 0) is 0 Å². The first kappa shape index (κ1) is 11.9. The molecule has 1 aromatic carbocycles. The number of nitrogens with zero attached hydrogens (tertiary/aromatic N) is 1. The maximum Gasteiger partial charge on any atom is 0.187 e. The van der Waals surface area contributed by atoms with Crippen LogP contribution in [0.5, 0.6) is 0 Å². The number of rotatable bonds is 3. The van der Waals surface area contributed by atoms with Crippen molar-refractivity contribution in [3.8, 4) is 0 Å². The van der Waals surface area contributed by atoms with Crippen LogP contribution < -0.4 is 11.1 Å². The minimum atomic E-state index is -0.367. The molecule has 6 heteroatoms. The van der Waals surface area contributed by atoms with Crippen LogP contribution in [0.1, 0.15) is 11.3 Å². The molecule has 0 aliphatic rings. The number of thiocarbonyl (C=S) groups is 1. The number of aromatic nitrogens is 1. The summed E-state index contributed by atoms with van der Waals surface area (Å²) in [6.07, 6.45) is 0. The van der Waals surface area contributed by atoms with Gasteiger partial charge in [-0.1, -0.05) is 12.2 Å². The Morgan fingerprint density at radius 3 is 2.88 bits per heavy atom. The highest BCUT2D eigenvalue weighted by Gasteiger charge is 2.08. The third-order valence-corrected chi connectivity index (χ3v) is 3.20. The summed E-state index contributed by atoms with van der Waals surface area (Å²) in [5, 5.41) is 5.73. The van der Waals surface area contributed by atoms with Gasteiger partial charge in [-0.2, -0.15) is 0 Å². The quantitative estimate of drug-likeness (QED) is 0.839. The van der Waals surface area contributed by atoms with E-state index in [0.717, 1.165) is 10.8 Å². The van der Waals surface area contributed by atoms with E-state index in [1.54, 1.807) is 6.07 Å². The molecule has 2 aromatic rings. The minimum Gasteiger partial charge on any atom is -0.389 e. The molecule has 0 fully saturated rings. The van der Waals surface area contributed by atoms with E-state index in [1.165, 1.54) is 23.5 Å². The van der Waals surface area contributed by atoms with Gasteiger partial charge in [0.15, 0.2) is 5.13 Å². The van der Waals surface area contributed by atoms with Gasteiger partial charge >= 0.3 is 0 Å². The number of hydrogen-bond acceptors (Lipinski definition) is 4. The van der Waals surface area contributed by atoms with Crippen LogP contribution in [-0.4, -0.2) is 9.97 Å². The molecule has 0 atom stereocenters. The maximum absolute atomic E-state index is 13.1. The Kier molecular flexibility index (Phi) is 3.35. The average molecular weight is 267 g/mol. The molecule has 1 heterocycles. The fourth-order valence-electron chi connectivity index (χ4n) is 1.36. The predicted molar refractivity (Wildman–Crippen MR) is 72.4 cm³/mol. The number of halogens is 1. The van der Waals surface area contributed by atoms with Crippen LogP contribution >= 0.6 is 23.6 Å². The molecular formula is C11H10FN3S2. The third-order valence-electron chi connectivity index (χ3n) is 2.11. The molecule has 0 saturated heterocycles. The Labute approximate surface area is 107 Å². The maximum atomic E-state index is 13.1. The number of thiazole rings is 1. The highest BCUT2D eigenvalue weighted by molar-refractivity contribution is 7.80. The molecule has 1 aromatic heterocycles. The van der Waals surface area contributed by atoms with Crippen molar-refractivity contribution in [1.29, 1.82) is 0 Å². The number of benzene rings is 1. The lowest BCUT2D eigenvalue weighted by molar-refractivity contribution is 0.628. The topological polar surface area (TPSA) is 50.9 Å². The van der Waals surface area contributed by atoms with Crippen LogP contribution in [0.3, 0.4) is 0 Å². The standard InChI is InChI=1S/C11H10FN3S2/c1-6-5-17-11(14-6)15-9-3-2-7(12)4-8(9)10(13)16/h2-5H,1H3,(H2,13,16)(H,14,15). The second kappa shape index (κ2) is 4.77. The van der Waals surface area contributed by atoms with Gasteiger partial charge in [-0.15, -0.1) is 11.3 Å². The van der Waals surface area contributed by atoms with Gasteiger partial charge < -0.3 is 11.1 Å². The lowest BCUT2D eigenvalue weighted by atomic mass is 10.1. The Morgan fingerprint density at radius 1 is 1.53 bits per heavy atom. The fourth-order valence-corrected chi connectivity index (χ4v) is 2.23. The molecule has 0 aliphatic carbocycles. The Balaban J connectivity index is 2.35. The molecule has 2 rings (SSSR count). The summed E-state index contributed by atoms with van der Waals surface area (Å²) in [6, 6.07) is 4.26. The smallest absolute Gasteiger partial charge is 0.187 e. The van der Waals surface area contributed by atoms with E-state index < -0.39 is 0 Å². The van der Waals surface area contributed by atoms with Gasteiger partial charge in [0.1, 0.15) is 10.8 Å². The molecule has 0 aliphatic heterocycles. The van der Waals surface area contributed by atoms with E-state index in [4.69, 9.17) is 18.0 Å². The molecule has 17 heavy (non-hydrogen) atoms. The zero-order chi connectivity index (χ0) is 12.4. The van der Waals surface area contributed by atoms with Gasteiger partial charge in [-0.3, -0.25) is 0 Å². The Hall–Kier alpha value is -1.53. The summed E-state index contributed by atoms with van der Waals surface area (Å²) >= 11 is 6.35. The first-order chi connectivity index (χ1) is 8.06. The van der Waals surface area contributed by atoms with Crippen LogP contribution in [0.2, 0.25) is 0 Å². The lowest BCUT2D eigenvalue weighted by Gasteiger charge is -2.08.